The molecule has 1 N–H and O–H groups in total. The number of carbonyl (C=O) groups is 1. The van der Waals surface area contributed by atoms with Crippen molar-refractivity contribution in [2.24, 2.45) is 11.0 Å². The van der Waals surface area contributed by atoms with E-state index in [0.717, 1.165) is 24.8 Å². The van der Waals surface area contributed by atoms with E-state index in [-0.39, 0.29) is 5.91 Å². The van der Waals surface area contributed by atoms with Crippen molar-refractivity contribution in [3.05, 3.63) is 64.7 Å². The van der Waals surface area contributed by atoms with Crippen LogP contribution in [0.5, 0.6) is 0 Å². The minimum Gasteiger partial charge on any atom is -0.267 e. The van der Waals surface area contributed by atoms with Gasteiger partial charge in [-0.1, -0.05) is 75.2 Å². The number of amides is 1. The summed E-state index contributed by atoms with van der Waals surface area (Å²) in [6.45, 7) is 6.33. The number of pyridine rings is 1. The van der Waals surface area contributed by atoms with Crippen LogP contribution in [0.15, 0.2) is 53.6 Å². The molecule has 0 saturated heterocycles. The molecule has 1 unspecified atom stereocenters. The molecule has 0 aliphatic carbocycles. The fourth-order valence-electron chi connectivity index (χ4n) is 3.27. The minimum absolute atomic E-state index is 0.272. The van der Waals surface area contributed by atoms with Gasteiger partial charge >= 0.3 is 0 Å². The molecule has 4 nitrogen and oxygen atoms in total. The molecule has 3 aromatic rings. The maximum Gasteiger partial charge on any atom is 0.272 e. The zero-order valence-electron chi connectivity index (χ0n) is 17.1. The number of nitrogens with one attached hydrogen (secondary N) is 1. The molecule has 0 spiro atoms. The van der Waals surface area contributed by atoms with Gasteiger partial charge in [0.05, 0.1) is 21.8 Å². The third-order valence-corrected chi connectivity index (χ3v) is 5.24. The van der Waals surface area contributed by atoms with Crippen molar-refractivity contribution in [3.8, 4) is 11.3 Å². The second kappa shape index (κ2) is 9.66. The van der Waals surface area contributed by atoms with Gasteiger partial charge in [0.25, 0.3) is 5.91 Å². The van der Waals surface area contributed by atoms with Crippen LogP contribution in [0, 0.1) is 5.92 Å². The molecular formula is C24H26ClN3O. The molecule has 1 heterocycles. The molecule has 0 radical (unpaired) electrons. The quantitative estimate of drug-likeness (QED) is 0.370. The van der Waals surface area contributed by atoms with E-state index in [1.54, 1.807) is 18.3 Å². The summed E-state index contributed by atoms with van der Waals surface area (Å²) in [5.74, 6) is 0.0441. The standard InChI is InChI=1S/C24H26ClN3O/c1-4-7-16(3)15-26-28-24(29)20-14-22(18-12-10-17(5-2)11-13-18)27-23-19(20)8-6-9-21(23)25/h6,8-16H,4-5,7H2,1-3H3,(H,28,29)/b26-15+. The summed E-state index contributed by atoms with van der Waals surface area (Å²) in [6, 6.07) is 15.5. The first-order chi connectivity index (χ1) is 14.0. The first kappa shape index (κ1) is 21.0. The summed E-state index contributed by atoms with van der Waals surface area (Å²) in [7, 11) is 0. The Kier molecular flexibility index (Phi) is 6.99. The summed E-state index contributed by atoms with van der Waals surface area (Å²) in [5.41, 5.74) is 6.68. The van der Waals surface area contributed by atoms with Gasteiger partial charge in [0.15, 0.2) is 0 Å². The number of aryl methyl sites for hydroxylation is 1. The van der Waals surface area contributed by atoms with E-state index >= 15 is 0 Å². The zero-order chi connectivity index (χ0) is 20.8. The van der Waals surface area contributed by atoms with Crippen LogP contribution in [0.25, 0.3) is 22.2 Å². The Bertz CT molecular complexity index is 1030. The largest absolute Gasteiger partial charge is 0.272 e. The lowest BCUT2D eigenvalue weighted by molar-refractivity contribution is 0.0956. The van der Waals surface area contributed by atoms with E-state index in [1.807, 2.05) is 24.3 Å². The Morgan fingerprint density at radius 3 is 2.66 bits per heavy atom. The molecule has 29 heavy (non-hydrogen) atoms. The van der Waals surface area contributed by atoms with E-state index in [0.29, 0.717) is 33.1 Å². The summed E-state index contributed by atoms with van der Waals surface area (Å²) in [5, 5.41) is 5.37. The summed E-state index contributed by atoms with van der Waals surface area (Å²) in [6.07, 6.45) is 4.86. The second-order valence-corrected chi connectivity index (χ2v) is 7.63. The third-order valence-electron chi connectivity index (χ3n) is 4.93. The summed E-state index contributed by atoms with van der Waals surface area (Å²) < 4.78 is 0. The average molecular weight is 408 g/mol. The van der Waals surface area contributed by atoms with Gasteiger partial charge in [-0.2, -0.15) is 5.10 Å². The molecule has 0 bridgehead atoms. The van der Waals surface area contributed by atoms with Gasteiger partial charge < -0.3 is 0 Å². The molecule has 2 aromatic carbocycles. The maximum absolute atomic E-state index is 12.9. The van der Waals surface area contributed by atoms with Gasteiger partial charge in [-0.3, -0.25) is 4.79 Å². The molecule has 3 rings (SSSR count). The third kappa shape index (κ3) is 5.01. The topological polar surface area (TPSA) is 54.4 Å². The molecule has 5 heteroatoms. The predicted molar refractivity (Wildman–Crippen MR) is 122 cm³/mol. The van der Waals surface area contributed by atoms with Crippen LogP contribution in [-0.4, -0.2) is 17.1 Å². The van der Waals surface area contributed by atoms with Crippen molar-refractivity contribution in [1.29, 1.82) is 0 Å². The van der Waals surface area contributed by atoms with Gasteiger partial charge in [-0.25, -0.2) is 10.4 Å². The van der Waals surface area contributed by atoms with E-state index < -0.39 is 0 Å². The Balaban J connectivity index is 2.00. The van der Waals surface area contributed by atoms with Crippen molar-refractivity contribution in [3.63, 3.8) is 0 Å². The smallest absolute Gasteiger partial charge is 0.267 e. The van der Waals surface area contributed by atoms with Gasteiger partial charge in [0.2, 0.25) is 0 Å². The number of nitrogens with zero attached hydrogens (tertiary/aromatic N) is 2. The van der Waals surface area contributed by atoms with Crippen LogP contribution in [0.1, 0.15) is 49.5 Å². The van der Waals surface area contributed by atoms with Crippen molar-refractivity contribution >= 4 is 34.6 Å². The molecule has 1 aromatic heterocycles. The molecule has 1 amide bonds. The van der Waals surface area contributed by atoms with Crippen LogP contribution in [0.4, 0.5) is 0 Å². The van der Waals surface area contributed by atoms with Crippen LogP contribution in [0.3, 0.4) is 0 Å². The highest BCUT2D eigenvalue weighted by molar-refractivity contribution is 6.35. The zero-order valence-corrected chi connectivity index (χ0v) is 17.8. The van der Waals surface area contributed by atoms with Crippen LogP contribution < -0.4 is 5.43 Å². The SMILES string of the molecule is CCCC(C)/C=N/NC(=O)c1cc(-c2ccc(CC)cc2)nc2c(Cl)cccc12. The fraction of sp³-hybridized carbons (Fsp3) is 0.292. The van der Waals surface area contributed by atoms with Crippen LogP contribution in [-0.2, 0) is 6.42 Å². The van der Waals surface area contributed by atoms with Crippen LogP contribution >= 0.6 is 11.6 Å². The van der Waals surface area contributed by atoms with Crippen LogP contribution in [0.2, 0.25) is 5.02 Å². The number of benzene rings is 2. The van der Waals surface area contributed by atoms with Gasteiger partial charge in [0, 0.05) is 17.2 Å². The van der Waals surface area contributed by atoms with E-state index in [2.05, 4.69) is 43.4 Å². The van der Waals surface area contributed by atoms with Crippen molar-refractivity contribution in [2.45, 2.75) is 40.0 Å². The monoisotopic (exact) mass is 407 g/mol. The number of aromatic nitrogens is 1. The lowest BCUT2D eigenvalue weighted by atomic mass is 10.0. The molecule has 0 aliphatic heterocycles. The van der Waals surface area contributed by atoms with E-state index in [1.165, 1.54) is 5.56 Å². The number of hydrazone groups is 1. The molecule has 0 aliphatic rings. The molecule has 150 valence electrons. The first-order valence-corrected chi connectivity index (χ1v) is 10.4. The maximum atomic E-state index is 12.9. The lowest BCUT2D eigenvalue weighted by Gasteiger charge is -2.11. The van der Waals surface area contributed by atoms with Gasteiger partial charge in [0.1, 0.15) is 0 Å². The number of carbonyl (C=O) groups excluding carboxylic acids is 1. The highest BCUT2D eigenvalue weighted by atomic mass is 35.5. The minimum atomic E-state index is -0.272. The number of fused-ring (bicyclic) bond motifs is 1. The molecular weight excluding hydrogens is 382 g/mol. The fourth-order valence-corrected chi connectivity index (χ4v) is 3.49. The number of halogens is 1. The molecule has 0 saturated carbocycles. The summed E-state index contributed by atoms with van der Waals surface area (Å²) in [4.78, 5) is 17.6. The Hall–Kier alpha value is -2.72. The van der Waals surface area contributed by atoms with Gasteiger partial charge in [-0.15, -0.1) is 0 Å². The number of hydrogen-bond donors (Lipinski definition) is 1. The Labute approximate surface area is 177 Å². The normalized spacial score (nSPS) is 12.4. The highest BCUT2D eigenvalue weighted by Gasteiger charge is 2.15. The first-order valence-electron chi connectivity index (χ1n) is 10.1. The lowest BCUT2D eigenvalue weighted by Crippen LogP contribution is -2.19. The molecule has 0 fully saturated rings. The second-order valence-electron chi connectivity index (χ2n) is 7.23. The predicted octanol–water partition coefficient (Wildman–Crippen LogP) is 6.27. The van der Waals surface area contributed by atoms with Gasteiger partial charge in [-0.05, 0) is 36.5 Å². The van der Waals surface area contributed by atoms with Crippen molar-refractivity contribution < 1.29 is 4.79 Å². The number of hydrogen-bond acceptors (Lipinski definition) is 3. The number of para-hydroxylation sites is 1. The Morgan fingerprint density at radius 1 is 1.21 bits per heavy atom. The van der Waals surface area contributed by atoms with Crippen molar-refractivity contribution in [2.75, 3.05) is 0 Å². The summed E-state index contributed by atoms with van der Waals surface area (Å²) >= 11 is 6.40. The van der Waals surface area contributed by atoms with Crippen molar-refractivity contribution in [1.82, 2.24) is 10.4 Å². The molecule has 1 atom stereocenters. The average Bonchev–Trinajstić information content (AvgIpc) is 2.73. The van der Waals surface area contributed by atoms with E-state index in [9.17, 15) is 4.79 Å². The Morgan fingerprint density at radius 2 is 1.97 bits per heavy atom. The van der Waals surface area contributed by atoms with E-state index in [4.69, 9.17) is 16.6 Å². The number of rotatable bonds is 7. The highest BCUT2D eigenvalue weighted by Crippen LogP contribution is 2.29.